The van der Waals surface area contributed by atoms with Crippen molar-refractivity contribution < 1.29 is 23.7 Å². The first kappa shape index (κ1) is 21.9. The number of rotatable bonds is 12. The molecule has 0 aliphatic rings. The van der Waals surface area contributed by atoms with E-state index in [2.05, 4.69) is 10.1 Å². The lowest BCUT2D eigenvalue weighted by Gasteiger charge is -2.14. The molecule has 0 N–H and O–H groups in total. The molecule has 0 saturated heterocycles. The van der Waals surface area contributed by atoms with Gasteiger partial charge in [-0.2, -0.15) is 9.78 Å². The summed E-state index contributed by atoms with van der Waals surface area (Å²) >= 11 is 0. The summed E-state index contributed by atoms with van der Waals surface area (Å²) < 4.78 is 23.7. The number of aromatic nitrogens is 3. The third-order valence-corrected chi connectivity index (χ3v) is 4.31. The molecule has 1 aromatic carbocycles. The van der Waals surface area contributed by atoms with Gasteiger partial charge < -0.3 is 18.9 Å². The lowest BCUT2D eigenvalue weighted by molar-refractivity contribution is -0.0203. The molecule has 0 amide bonds. The highest BCUT2D eigenvalue weighted by molar-refractivity contribution is 5.89. The summed E-state index contributed by atoms with van der Waals surface area (Å²) in [5.41, 5.74) is 1.81. The van der Waals surface area contributed by atoms with Crippen LogP contribution in [0.2, 0.25) is 0 Å². The molecular formula is C22H27N3O5. The van der Waals surface area contributed by atoms with Gasteiger partial charge in [-0.3, -0.25) is 4.79 Å². The van der Waals surface area contributed by atoms with Gasteiger partial charge in [-0.1, -0.05) is 30.3 Å². The van der Waals surface area contributed by atoms with Crippen molar-refractivity contribution in [3.63, 3.8) is 0 Å². The van der Waals surface area contributed by atoms with E-state index in [1.807, 2.05) is 37.3 Å². The zero-order valence-electron chi connectivity index (χ0n) is 17.3. The SMILES string of the molecule is CC(=O)n1ncc2cc(OCC(C)OCCOCCOCc3ccccc3)ncc21. The first-order valence-corrected chi connectivity index (χ1v) is 9.92. The van der Waals surface area contributed by atoms with Gasteiger partial charge in [-0.05, 0) is 12.5 Å². The predicted molar refractivity (Wildman–Crippen MR) is 112 cm³/mol. The lowest BCUT2D eigenvalue weighted by Crippen LogP contribution is -2.21. The van der Waals surface area contributed by atoms with E-state index < -0.39 is 0 Å². The van der Waals surface area contributed by atoms with E-state index in [-0.39, 0.29) is 12.0 Å². The summed E-state index contributed by atoms with van der Waals surface area (Å²) in [5, 5.41) is 4.84. The van der Waals surface area contributed by atoms with Crippen LogP contribution in [0, 0.1) is 0 Å². The average molecular weight is 413 g/mol. The maximum Gasteiger partial charge on any atom is 0.244 e. The second-order valence-corrected chi connectivity index (χ2v) is 6.80. The van der Waals surface area contributed by atoms with Crippen LogP contribution in [0.4, 0.5) is 0 Å². The molecule has 1 atom stereocenters. The summed E-state index contributed by atoms with van der Waals surface area (Å²) in [7, 11) is 0. The Labute approximate surface area is 175 Å². The lowest BCUT2D eigenvalue weighted by atomic mass is 10.2. The molecule has 0 aliphatic heterocycles. The second kappa shape index (κ2) is 11.4. The minimum Gasteiger partial charge on any atom is -0.475 e. The molecule has 8 heteroatoms. The molecule has 1 unspecified atom stereocenters. The number of pyridine rings is 1. The zero-order valence-corrected chi connectivity index (χ0v) is 17.3. The van der Waals surface area contributed by atoms with Gasteiger partial charge in [0.05, 0.1) is 57.0 Å². The summed E-state index contributed by atoms with van der Waals surface area (Å²) in [6.07, 6.45) is 3.09. The van der Waals surface area contributed by atoms with Gasteiger partial charge in [-0.15, -0.1) is 0 Å². The van der Waals surface area contributed by atoms with Crippen LogP contribution in [0.1, 0.15) is 24.2 Å². The highest BCUT2D eigenvalue weighted by atomic mass is 16.6. The number of hydrogen-bond donors (Lipinski definition) is 0. The van der Waals surface area contributed by atoms with Crippen LogP contribution in [-0.4, -0.2) is 59.8 Å². The topological polar surface area (TPSA) is 84.7 Å². The fourth-order valence-corrected chi connectivity index (χ4v) is 2.78. The molecule has 0 aliphatic carbocycles. The summed E-state index contributed by atoms with van der Waals surface area (Å²) in [5.74, 6) is 0.306. The van der Waals surface area contributed by atoms with Crippen LogP contribution in [0.5, 0.6) is 5.88 Å². The number of nitrogens with zero attached hydrogens (tertiary/aromatic N) is 3. The Morgan fingerprint density at radius 3 is 2.63 bits per heavy atom. The Kier molecular flexibility index (Phi) is 8.31. The van der Waals surface area contributed by atoms with Gasteiger partial charge in [0.25, 0.3) is 0 Å². The Hall–Kier alpha value is -2.81. The fraction of sp³-hybridized carbons (Fsp3) is 0.409. The normalized spacial score (nSPS) is 12.2. The maximum atomic E-state index is 11.5. The highest BCUT2D eigenvalue weighted by Crippen LogP contribution is 2.18. The summed E-state index contributed by atoms with van der Waals surface area (Å²) in [6.45, 7) is 6.37. The molecule has 0 spiro atoms. The Morgan fingerprint density at radius 1 is 1.07 bits per heavy atom. The maximum absolute atomic E-state index is 11.5. The molecule has 3 rings (SSSR count). The van der Waals surface area contributed by atoms with Gasteiger partial charge in [0.15, 0.2) is 0 Å². The van der Waals surface area contributed by atoms with E-state index in [4.69, 9.17) is 18.9 Å². The minimum absolute atomic E-state index is 0.111. The van der Waals surface area contributed by atoms with Crippen LogP contribution in [0.15, 0.2) is 48.8 Å². The highest BCUT2D eigenvalue weighted by Gasteiger charge is 2.09. The van der Waals surface area contributed by atoms with Crippen molar-refractivity contribution in [1.82, 2.24) is 14.8 Å². The van der Waals surface area contributed by atoms with E-state index in [1.54, 1.807) is 18.5 Å². The average Bonchev–Trinajstić information content (AvgIpc) is 3.18. The van der Waals surface area contributed by atoms with Crippen molar-refractivity contribution in [3.8, 4) is 5.88 Å². The molecule has 30 heavy (non-hydrogen) atoms. The summed E-state index contributed by atoms with van der Waals surface area (Å²) in [6, 6.07) is 11.8. The number of hydrogen-bond acceptors (Lipinski definition) is 7. The number of carbonyl (C=O) groups is 1. The Bertz CT molecular complexity index is 929. The minimum atomic E-state index is -0.160. The molecule has 0 fully saturated rings. The summed E-state index contributed by atoms with van der Waals surface area (Å²) in [4.78, 5) is 15.7. The van der Waals surface area contributed by atoms with Gasteiger partial charge in [0.2, 0.25) is 11.8 Å². The molecule has 3 aromatic rings. The third-order valence-electron chi connectivity index (χ3n) is 4.31. The van der Waals surface area contributed by atoms with E-state index in [0.717, 1.165) is 10.9 Å². The Balaban J connectivity index is 1.26. The van der Waals surface area contributed by atoms with E-state index in [0.29, 0.717) is 51.0 Å². The fourth-order valence-electron chi connectivity index (χ4n) is 2.78. The van der Waals surface area contributed by atoms with Crippen molar-refractivity contribution in [2.24, 2.45) is 0 Å². The number of benzene rings is 1. The van der Waals surface area contributed by atoms with Crippen LogP contribution in [0.25, 0.3) is 10.9 Å². The number of ether oxygens (including phenoxy) is 4. The first-order chi connectivity index (χ1) is 14.6. The molecule has 0 saturated carbocycles. The zero-order chi connectivity index (χ0) is 21.2. The molecular weight excluding hydrogens is 386 g/mol. The van der Waals surface area contributed by atoms with Crippen molar-refractivity contribution in [1.29, 1.82) is 0 Å². The van der Waals surface area contributed by atoms with Crippen LogP contribution < -0.4 is 4.74 Å². The van der Waals surface area contributed by atoms with Crippen molar-refractivity contribution in [2.45, 2.75) is 26.6 Å². The quantitative estimate of drug-likeness (QED) is 0.422. The van der Waals surface area contributed by atoms with E-state index >= 15 is 0 Å². The van der Waals surface area contributed by atoms with Crippen molar-refractivity contribution in [3.05, 3.63) is 54.4 Å². The van der Waals surface area contributed by atoms with Gasteiger partial charge in [0.1, 0.15) is 6.61 Å². The molecule has 160 valence electrons. The van der Waals surface area contributed by atoms with Gasteiger partial charge >= 0.3 is 0 Å². The van der Waals surface area contributed by atoms with Crippen molar-refractivity contribution >= 4 is 16.8 Å². The molecule has 8 nitrogen and oxygen atoms in total. The molecule has 2 aromatic heterocycles. The largest absolute Gasteiger partial charge is 0.475 e. The number of carbonyl (C=O) groups excluding carboxylic acids is 1. The van der Waals surface area contributed by atoms with E-state index in [1.165, 1.54) is 11.6 Å². The first-order valence-electron chi connectivity index (χ1n) is 9.92. The monoisotopic (exact) mass is 413 g/mol. The van der Waals surface area contributed by atoms with Crippen LogP contribution >= 0.6 is 0 Å². The van der Waals surface area contributed by atoms with Gasteiger partial charge in [0, 0.05) is 18.4 Å². The smallest absolute Gasteiger partial charge is 0.244 e. The van der Waals surface area contributed by atoms with Crippen LogP contribution in [0.3, 0.4) is 0 Å². The number of fused-ring (bicyclic) bond motifs is 1. The van der Waals surface area contributed by atoms with Gasteiger partial charge in [-0.25, -0.2) is 4.98 Å². The molecule has 0 radical (unpaired) electrons. The van der Waals surface area contributed by atoms with E-state index in [9.17, 15) is 4.79 Å². The molecule has 2 heterocycles. The standard InChI is InChI=1S/C22H27N3O5/c1-17(29-11-10-27-8-9-28-16-19-6-4-3-5-7-19)15-30-22-12-20-13-24-25(18(2)26)21(20)14-23-22/h3-7,12-14,17H,8-11,15-16H2,1-2H3. The Morgan fingerprint density at radius 2 is 1.83 bits per heavy atom. The molecule has 0 bridgehead atoms. The second-order valence-electron chi connectivity index (χ2n) is 6.80. The predicted octanol–water partition coefficient (Wildman–Crippen LogP) is 3.11. The van der Waals surface area contributed by atoms with Crippen molar-refractivity contribution in [2.75, 3.05) is 33.0 Å². The van der Waals surface area contributed by atoms with Crippen LogP contribution in [-0.2, 0) is 20.8 Å². The third kappa shape index (κ3) is 6.62.